The molecule has 6 nitrogen and oxygen atoms in total. The second-order valence-corrected chi connectivity index (χ2v) is 5.77. The summed E-state index contributed by atoms with van der Waals surface area (Å²) >= 11 is 1.56. The molecule has 0 saturated carbocycles. The number of rotatable bonds is 2. The fraction of sp³-hybridized carbons (Fsp3) is 0.308. The normalized spacial score (nSPS) is 14.7. The van der Waals surface area contributed by atoms with E-state index >= 15 is 0 Å². The smallest absolute Gasteiger partial charge is 0.164 e. The Morgan fingerprint density at radius 1 is 1.40 bits per heavy atom. The van der Waals surface area contributed by atoms with E-state index in [9.17, 15) is 4.79 Å². The molecule has 4 rings (SSSR count). The van der Waals surface area contributed by atoms with Crippen LogP contribution in [0.25, 0.3) is 15.3 Å². The monoisotopic (exact) mass is 288 g/mol. The summed E-state index contributed by atoms with van der Waals surface area (Å²) in [5, 5.41) is 8.62. The van der Waals surface area contributed by atoms with Gasteiger partial charge in [0, 0.05) is 11.8 Å². The van der Waals surface area contributed by atoms with Crippen LogP contribution in [0.2, 0.25) is 0 Å². The number of aromatic nitrogens is 4. The minimum absolute atomic E-state index is 0.0359. The van der Waals surface area contributed by atoms with E-state index < -0.39 is 0 Å². The summed E-state index contributed by atoms with van der Waals surface area (Å²) in [6, 6.07) is 0. The first-order valence-electron chi connectivity index (χ1n) is 6.35. The lowest BCUT2D eigenvalue weighted by atomic mass is 10.2. The molecule has 0 radical (unpaired) electrons. The lowest BCUT2D eigenvalue weighted by Gasteiger charge is -2.14. The molecule has 3 aromatic rings. The number of carbonyl (C=O) groups excluding carboxylic acids is 1. The van der Waals surface area contributed by atoms with E-state index in [0.717, 1.165) is 27.5 Å². The van der Waals surface area contributed by atoms with Gasteiger partial charge in [0.05, 0.1) is 48.3 Å². The van der Waals surface area contributed by atoms with Crippen LogP contribution in [0.15, 0.2) is 18.6 Å². The van der Waals surface area contributed by atoms with Gasteiger partial charge in [0.15, 0.2) is 5.78 Å². The van der Waals surface area contributed by atoms with Crippen molar-refractivity contribution in [1.29, 1.82) is 0 Å². The Bertz CT molecular complexity index is 814. The van der Waals surface area contributed by atoms with Gasteiger partial charge >= 0.3 is 0 Å². The maximum Gasteiger partial charge on any atom is 0.164 e. The number of nitrogens with zero attached hydrogens (tertiary/aromatic N) is 4. The predicted octanol–water partition coefficient (Wildman–Crippen LogP) is 1.99. The van der Waals surface area contributed by atoms with Crippen molar-refractivity contribution in [1.82, 2.24) is 19.4 Å². The molecule has 1 aliphatic heterocycles. The van der Waals surface area contributed by atoms with Crippen LogP contribution in [0.4, 0.5) is 0 Å². The lowest BCUT2D eigenvalue weighted by Crippen LogP contribution is -2.17. The van der Waals surface area contributed by atoms with Crippen LogP contribution >= 0.6 is 11.3 Å². The Hall–Kier alpha value is -1.99. The molecule has 7 heteroatoms. The molecule has 0 aliphatic carbocycles. The molecule has 3 aromatic heterocycles. The minimum Gasteiger partial charge on any atom is -0.373 e. The van der Waals surface area contributed by atoms with Crippen LogP contribution < -0.4 is 0 Å². The molecular weight excluding hydrogens is 276 g/mol. The van der Waals surface area contributed by atoms with Gasteiger partial charge in [-0.3, -0.25) is 9.48 Å². The number of fused-ring (bicyclic) bond motifs is 2. The van der Waals surface area contributed by atoms with Crippen LogP contribution in [0.3, 0.4) is 0 Å². The minimum atomic E-state index is 0.0359. The van der Waals surface area contributed by atoms with Crippen molar-refractivity contribution < 1.29 is 9.53 Å². The lowest BCUT2D eigenvalue weighted by molar-refractivity contribution is 0.0804. The number of ketones is 1. The van der Waals surface area contributed by atoms with Crippen LogP contribution in [-0.2, 0) is 17.9 Å². The van der Waals surface area contributed by atoms with Gasteiger partial charge in [0.25, 0.3) is 0 Å². The van der Waals surface area contributed by atoms with Gasteiger partial charge < -0.3 is 4.74 Å². The van der Waals surface area contributed by atoms with E-state index in [4.69, 9.17) is 4.74 Å². The quantitative estimate of drug-likeness (QED) is 0.677. The third kappa shape index (κ3) is 1.63. The first kappa shape index (κ1) is 11.8. The van der Waals surface area contributed by atoms with Gasteiger partial charge in [-0.05, 0) is 6.92 Å². The van der Waals surface area contributed by atoms with E-state index in [1.54, 1.807) is 29.0 Å². The summed E-state index contributed by atoms with van der Waals surface area (Å²) in [5.41, 5.74) is 2.82. The highest BCUT2D eigenvalue weighted by Gasteiger charge is 2.19. The van der Waals surface area contributed by atoms with Crippen molar-refractivity contribution in [3.8, 4) is 10.4 Å². The number of ether oxygens (including phenoxy) is 1. The van der Waals surface area contributed by atoms with Crippen LogP contribution in [0, 0.1) is 0 Å². The molecule has 0 amide bonds. The van der Waals surface area contributed by atoms with Crippen molar-refractivity contribution in [2.45, 2.75) is 20.1 Å². The molecular formula is C13H12N4O2S. The van der Waals surface area contributed by atoms with Crippen LogP contribution in [0.5, 0.6) is 0 Å². The topological polar surface area (TPSA) is 61.4 Å². The highest BCUT2D eigenvalue weighted by atomic mass is 32.1. The molecule has 20 heavy (non-hydrogen) atoms. The van der Waals surface area contributed by atoms with Crippen molar-refractivity contribution in [2.75, 3.05) is 6.61 Å². The zero-order valence-electron chi connectivity index (χ0n) is 10.9. The third-order valence-corrected chi connectivity index (χ3v) is 4.62. The van der Waals surface area contributed by atoms with Crippen molar-refractivity contribution in [2.24, 2.45) is 0 Å². The third-order valence-electron chi connectivity index (χ3n) is 3.48. The highest BCUT2D eigenvalue weighted by molar-refractivity contribution is 7.21. The van der Waals surface area contributed by atoms with E-state index in [0.29, 0.717) is 18.8 Å². The standard InChI is InChI=1S/C13H12N4O2S/c1-8(18)9-4-15-17-6-12(20-13(9)17)10-5-14-16-2-3-19-7-11(10)16/h4-6H,2-3,7H2,1H3. The number of Topliss-reactive ketones (excluding diaryl/α,β-unsaturated/α-hetero) is 1. The fourth-order valence-electron chi connectivity index (χ4n) is 2.43. The predicted molar refractivity (Wildman–Crippen MR) is 74.0 cm³/mol. The fourth-order valence-corrected chi connectivity index (χ4v) is 3.57. The van der Waals surface area contributed by atoms with E-state index in [-0.39, 0.29) is 5.78 Å². The van der Waals surface area contributed by atoms with Gasteiger partial charge in [0.1, 0.15) is 4.83 Å². The molecule has 0 fully saturated rings. The number of hydrogen-bond acceptors (Lipinski definition) is 5. The SMILES string of the molecule is CC(=O)c1cnn2cc(-c3cnn4c3COCC4)sc12. The number of thiazole rings is 1. The molecule has 0 unspecified atom stereocenters. The summed E-state index contributed by atoms with van der Waals surface area (Å²) in [5.74, 6) is 0.0359. The Labute approximate surface area is 118 Å². The van der Waals surface area contributed by atoms with Crippen molar-refractivity contribution in [3.05, 3.63) is 29.8 Å². The summed E-state index contributed by atoms with van der Waals surface area (Å²) in [7, 11) is 0. The van der Waals surface area contributed by atoms with E-state index in [1.165, 1.54) is 0 Å². The Morgan fingerprint density at radius 3 is 3.15 bits per heavy atom. The van der Waals surface area contributed by atoms with Gasteiger partial charge in [-0.15, -0.1) is 11.3 Å². The molecule has 1 aliphatic rings. The summed E-state index contributed by atoms with van der Waals surface area (Å²) < 4.78 is 9.23. The van der Waals surface area contributed by atoms with Crippen LogP contribution in [-0.4, -0.2) is 31.8 Å². The van der Waals surface area contributed by atoms with Gasteiger partial charge in [-0.25, -0.2) is 4.52 Å². The highest BCUT2D eigenvalue weighted by Crippen LogP contribution is 2.33. The Morgan fingerprint density at radius 2 is 2.30 bits per heavy atom. The first-order chi connectivity index (χ1) is 9.74. The summed E-state index contributed by atoms with van der Waals surface area (Å²) in [4.78, 5) is 13.5. The van der Waals surface area contributed by atoms with E-state index in [2.05, 4.69) is 10.2 Å². The van der Waals surface area contributed by atoms with Crippen molar-refractivity contribution in [3.63, 3.8) is 0 Å². The molecule has 0 spiro atoms. The maximum atomic E-state index is 11.6. The molecule has 102 valence electrons. The first-order valence-corrected chi connectivity index (χ1v) is 7.16. The maximum absolute atomic E-state index is 11.6. The zero-order chi connectivity index (χ0) is 13.7. The van der Waals surface area contributed by atoms with Gasteiger partial charge in [-0.2, -0.15) is 10.2 Å². The average molecular weight is 288 g/mol. The molecule has 0 N–H and O–H groups in total. The summed E-state index contributed by atoms with van der Waals surface area (Å²) in [6.45, 7) is 3.63. The van der Waals surface area contributed by atoms with Gasteiger partial charge in [-0.1, -0.05) is 0 Å². The molecule has 0 atom stereocenters. The zero-order valence-corrected chi connectivity index (χ0v) is 11.7. The second kappa shape index (κ2) is 4.26. The molecule has 4 heterocycles. The average Bonchev–Trinajstić information content (AvgIpc) is 3.10. The van der Waals surface area contributed by atoms with E-state index in [1.807, 2.05) is 17.1 Å². The number of hydrogen-bond donors (Lipinski definition) is 0. The molecule has 0 saturated heterocycles. The van der Waals surface area contributed by atoms with Crippen LogP contribution in [0.1, 0.15) is 23.0 Å². The molecule has 0 aromatic carbocycles. The van der Waals surface area contributed by atoms with Crippen molar-refractivity contribution >= 4 is 22.0 Å². The summed E-state index contributed by atoms with van der Waals surface area (Å²) in [6.07, 6.45) is 5.43. The Kier molecular flexibility index (Phi) is 2.51. The molecule has 0 bridgehead atoms. The Balaban J connectivity index is 1.86. The van der Waals surface area contributed by atoms with Gasteiger partial charge in [0.2, 0.25) is 0 Å². The largest absolute Gasteiger partial charge is 0.373 e. The number of carbonyl (C=O) groups is 1. The second-order valence-electron chi connectivity index (χ2n) is 4.74.